The molecule has 0 atom stereocenters. The van der Waals surface area contributed by atoms with Crippen molar-refractivity contribution >= 4 is 49.8 Å². The molecule has 5 heteroatoms. The van der Waals surface area contributed by atoms with Gasteiger partial charge in [0.15, 0.2) is 5.58 Å². The molecule has 0 spiro atoms. The molecule has 6 aromatic carbocycles. The third-order valence-electron chi connectivity index (χ3n) is 9.95. The molecule has 46 heavy (non-hydrogen) atoms. The van der Waals surface area contributed by atoms with Crippen LogP contribution in [-0.4, -0.2) is 14.0 Å². The number of benzene rings is 6. The lowest BCUT2D eigenvalue weighted by atomic mass is 9.81. The average molecular weight is 591 g/mol. The maximum Gasteiger partial charge on any atom is 0.220 e. The Balaban J connectivity index is 1.20. The van der Waals surface area contributed by atoms with Gasteiger partial charge in [-0.3, -0.25) is 8.97 Å². The smallest absolute Gasteiger partial charge is 0.220 e. The molecule has 0 amide bonds. The van der Waals surface area contributed by atoms with E-state index in [0.717, 1.165) is 66.6 Å². The molecule has 0 saturated heterocycles. The number of hydrogen-bond donors (Lipinski definition) is 0. The van der Waals surface area contributed by atoms with Crippen LogP contribution in [0.15, 0.2) is 126 Å². The van der Waals surface area contributed by atoms with E-state index < -0.39 is 0 Å². The molecule has 0 aliphatic heterocycles. The molecule has 5 nitrogen and oxygen atoms in total. The minimum Gasteiger partial charge on any atom is -0.454 e. The van der Waals surface area contributed by atoms with E-state index in [1.54, 1.807) is 0 Å². The number of nitriles is 1. The van der Waals surface area contributed by atoms with E-state index in [0.29, 0.717) is 5.56 Å². The Labute approximate surface area is 264 Å². The van der Waals surface area contributed by atoms with Crippen molar-refractivity contribution in [2.24, 2.45) is 0 Å². The fourth-order valence-electron chi connectivity index (χ4n) is 7.72. The van der Waals surface area contributed by atoms with Gasteiger partial charge in [0.05, 0.1) is 28.2 Å². The average Bonchev–Trinajstić information content (AvgIpc) is 3.80. The predicted molar refractivity (Wildman–Crippen MR) is 185 cm³/mol. The summed E-state index contributed by atoms with van der Waals surface area (Å²) < 4.78 is 11.1. The highest BCUT2D eigenvalue weighted by atomic mass is 16.3. The topological polar surface area (TPSA) is 59.2 Å². The summed E-state index contributed by atoms with van der Waals surface area (Å²) in [5.41, 5.74) is 14.5. The minimum atomic E-state index is -0.206. The van der Waals surface area contributed by atoms with Crippen LogP contribution in [0.25, 0.3) is 77.7 Å². The van der Waals surface area contributed by atoms with Crippen molar-refractivity contribution < 1.29 is 4.42 Å². The third-order valence-corrected chi connectivity index (χ3v) is 9.95. The van der Waals surface area contributed by atoms with Gasteiger partial charge in [0.1, 0.15) is 11.1 Å². The molecule has 0 unspecified atom stereocenters. The lowest BCUT2D eigenvalue weighted by Crippen LogP contribution is -2.15. The first kappa shape index (κ1) is 25.2. The fourth-order valence-corrected chi connectivity index (χ4v) is 7.72. The number of hydrogen-bond acceptors (Lipinski definition) is 3. The number of furan rings is 1. The normalized spacial score (nSPS) is 13.6. The van der Waals surface area contributed by atoms with Crippen molar-refractivity contribution in [2.75, 3.05) is 0 Å². The second-order valence-electron chi connectivity index (χ2n) is 12.8. The lowest BCUT2D eigenvalue weighted by Gasteiger charge is -2.22. The van der Waals surface area contributed by atoms with Crippen LogP contribution >= 0.6 is 0 Å². The van der Waals surface area contributed by atoms with Crippen LogP contribution in [0.2, 0.25) is 0 Å². The second-order valence-corrected chi connectivity index (χ2v) is 12.8. The first-order valence-corrected chi connectivity index (χ1v) is 15.5. The van der Waals surface area contributed by atoms with E-state index >= 15 is 0 Å². The lowest BCUT2D eigenvalue weighted by molar-refractivity contribution is 0.660. The van der Waals surface area contributed by atoms with Gasteiger partial charge in [-0.05, 0) is 94.0 Å². The van der Waals surface area contributed by atoms with Crippen LogP contribution < -0.4 is 0 Å². The SMILES string of the molecule is CC1(C)c2cc(C#N)ccc2-c2ccc(-c3cccc(-n4c5ccc6c7ccccc7oc6c5n5c6ccccc6nc45)c3)cc21. The van der Waals surface area contributed by atoms with Gasteiger partial charge in [-0.1, -0.05) is 74.5 Å². The summed E-state index contributed by atoms with van der Waals surface area (Å²) in [4.78, 5) is 5.16. The fraction of sp³-hybridized carbons (Fsp3) is 0.0732. The predicted octanol–water partition coefficient (Wildman–Crippen LogP) is 10.2. The number of fused-ring (bicyclic) bond motifs is 12. The molecule has 10 rings (SSSR count). The Morgan fingerprint density at radius 2 is 1.48 bits per heavy atom. The number of rotatable bonds is 2. The number of para-hydroxylation sites is 3. The molecular weight excluding hydrogens is 564 g/mol. The zero-order chi connectivity index (χ0) is 30.7. The molecule has 1 aliphatic carbocycles. The van der Waals surface area contributed by atoms with Crippen LogP contribution in [0.5, 0.6) is 0 Å². The number of imidazole rings is 2. The summed E-state index contributed by atoms with van der Waals surface area (Å²) in [6.45, 7) is 4.51. The molecule has 1 aliphatic rings. The molecule has 0 radical (unpaired) electrons. The zero-order valence-electron chi connectivity index (χ0n) is 25.2. The molecule has 0 N–H and O–H groups in total. The molecule has 3 aromatic heterocycles. The maximum atomic E-state index is 9.55. The molecule has 0 saturated carbocycles. The van der Waals surface area contributed by atoms with E-state index in [-0.39, 0.29) is 5.41 Å². The summed E-state index contributed by atoms with van der Waals surface area (Å²) in [5, 5.41) is 11.8. The summed E-state index contributed by atoms with van der Waals surface area (Å²) in [7, 11) is 0. The van der Waals surface area contributed by atoms with Crippen molar-refractivity contribution in [1.29, 1.82) is 5.26 Å². The Morgan fingerprint density at radius 3 is 2.37 bits per heavy atom. The van der Waals surface area contributed by atoms with Gasteiger partial charge in [-0.25, -0.2) is 4.98 Å². The van der Waals surface area contributed by atoms with Gasteiger partial charge in [-0.15, -0.1) is 0 Å². The zero-order valence-corrected chi connectivity index (χ0v) is 25.2. The van der Waals surface area contributed by atoms with E-state index in [4.69, 9.17) is 9.40 Å². The monoisotopic (exact) mass is 590 g/mol. The molecule has 0 fully saturated rings. The summed E-state index contributed by atoms with van der Waals surface area (Å²) in [5.74, 6) is 0.847. The van der Waals surface area contributed by atoms with Crippen LogP contribution in [0.4, 0.5) is 0 Å². The Morgan fingerprint density at radius 1 is 0.696 bits per heavy atom. The molecule has 9 aromatic rings. The van der Waals surface area contributed by atoms with Crippen molar-refractivity contribution in [3.8, 4) is 34.0 Å². The number of aromatic nitrogens is 3. The summed E-state index contributed by atoms with van der Waals surface area (Å²) >= 11 is 0. The van der Waals surface area contributed by atoms with Gasteiger partial charge in [-0.2, -0.15) is 5.26 Å². The van der Waals surface area contributed by atoms with E-state index in [1.807, 2.05) is 30.3 Å². The van der Waals surface area contributed by atoms with Gasteiger partial charge < -0.3 is 4.42 Å². The van der Waals surface area contributed by atoms with Crippen LogP contribution in [0.1, 0.15) is 30.5 Å². The van der Waals surface area contributed by atoms with Crippen molar-refractivity contribution in [2.45, 2.75) is 19.3 Å². The molecule has 3 heterocycles. The maximum absolute atomic E-state index is 9.55. The third kappa shape index (κ3) is 3.20. The summed E-state index contributed by atoms with van der Waals surface area (Å²) in [6.07, 6.45) is 0. The molecule has 216 valence electrons. The number of nitrogens with zero attached hydrogens (tertiary/aromatic N) is 4. The molecular formula is C41H26N4O. The summed E-state index contributed by atoms with van der Waals surface area (Å²) in [6, 6.07) is 44.7. The highest BCUT2D eigenvalue weighted by molar-refractivity contribution is 6.15. The van der Waals surface area contributed by atoms with Crippen LogP contribution in [0, 0.1) is 11.3 Å². The van der Waals surface area contributed by atoms with Crippen LogP contribution in [-0.2, 0) is 5.41 Å². The standard InChI is InChI=1S/C41H26N4O/c1-41(2)32-20-24(23-42)14-16-28(32)29-17-15-26(22-33(29)41)25-8-7-9-27(21-25)44-36-19-18-31-30-10-3-6-13-37(30)46-39(31)38(36)45-35-12-5-4-11-34(35)43-40(44)45/h3-22H,1-2H3. The largest absolute Gasteiger partial charge is 0.454 e. The van der Waals surface area contributed by atoms with E-state index in [2.05, 4.69) is 120 Å². The highest BCUT2D eigenvalue weighted by Crippen LogP contribution is 2.50. The van der Waals surface area contributed by atoms with Crippen molar-refractivity contribution in [1.82, 2.24) is 14.0 Å². The highest BCUT2D eigenvalue weighted by Gasteiger charge is 2.36. The van der Waals surface area contributed by atoms with Gasteiger partial charge in [0.2, 0.25) is 5.78 Å². The van der Waals surface area contributed by atoms with Gasteiger partial charge in [0, 0.05) is 21.9 Å². The van der Waals surface area contributed by atoms with Gasteiger partial charge >= 0.3 is 0 Å². The second kappa shape index (κ2) is 8.74. The first-order chi connectivity index (χ1) is 22.5. The Hall–Kier alpha value is -6.12. The van der Waals surface area contributed by atoms with E-state index in [1.165, 1.54) is 22.3 Å². The first-order valence-electron chi connectivity index (χ1n) is 15.5. The Kier molecular flexibility index (Phi) is 4.80. The Bertz CT molecular complexity index is 2800. The van der Waals surface area contributed by atoms with Crippen molar-refractivity contribution in [3.63, 3.8) is 0 Å². The quantitative estimate of drug-likeness (QED) is 0.201. The molecule has 0 bridgehead atoms. The van der Waals surface area contributed by atoms with Crippen molar-refractivity contribution in [3.05, 3.63) is 138 Å². The minimum absolute atomic E-state index is 0.206. The van der Waals surface area contributed by atoms with E-state index in [9.17, 15) is 5.26 Å². The van der Waals surface area contributed by atoms with Gasteiger partial charge in [0.25, 0.3) is 0 Å². The van der Waals surface area contributed by atoms with Crippen LogP contribution in [0.3, 0.4) is 0 Å².